The molecule has 0 amide bonds. The highest BCUT2D eigenvalue weighted by atomic mass is 32.1. The van der Waals surface area contributed by atoms with E-state index in [2.05, 4.69) is 170 Å². The number of hydrogen-bond acceptors (Lipinski definition) is 4. The summed E-state index contributed by atoms with van der Waals surface area (Å²) in [6.45, 7) is 0. The maximum absolute atomic E-state index is 5.20. The summed E-state index contributed by atoms with van der Waals surface area (Å²) >= 11 is 1.79. The Labute approximate surface area is 311 Å². The van der Waals surface area contributed by atoms with Crippen molar-refractivity contribution in [3.63, 3.8) is 0 Å². The Morgan fingerprint density at radius 3 is 1.58 bits per heavy atom. The van der Waals surface area contributed by atoms with Gasteiger partial charge in [0.2, 0.25) is 0 Å². The van der Waals surface area contributed by atoms with Gasteiger partial charge in [0.1, 0.15) is 0 Å². The predicted molar refractivity (Wildman–Crippen MR) is 223 cm³/mol. The van der Waals surface area contributed by atoms with Crippen LogP contribution in [0.3, 0.4) is 0 Å². The van der Waals surface area contributed by atoms with Crippen molar-refractivity contribution in [3.8, 4) is 67.5 Å². The maximum atomic E-state index is 5.20. The fourth-order valence-corrected chi connectivity index (χ4v) is 8.68. The van der Waals surface area contributed by atoms with Gasteiger partial charge in [0.15, 0.2) is 17.5 Å². The first-order valence-electron chi connectivity index (χ1n) is 17.8. The van der Waals surface area contributed by atoms with Crippen LogP contribution in [0.25, 0.3) is 98.5 Å². The number of thiophene rings is 1. The molecule has 3 nitrogen and oxygen atoms in total. The first-order valence-corrected chi connectivity index (χ1v) is 18.6. The van der Waals surface area contributed by atoms with Crippen molar-refractivity contribution in [2.75, 3.05) is 0 Å². The summed E-state index contributed by atoms with van der Waals surface area (Å²) in [4.78, 5) is 15.4. The van der Waals surface area contributed by atoms with E-state index >= 15 is 0 Å². The minimum Gasteiger partial charge on any atom is -0.208 e. The van der Waals surface area contributed by atoms with Gasteiger partial charge in [-0.2, -0.15) is 0 Å². The van der Waals surface area contributed by atoms with Crippen LogP contribution >= 0.6 is 11.3 Å². The van der Waals surface area contributed by atoms with Crippen molar-refractivity contribution in [2.24, 2.45) is 0 Å². The van der Waals surface area contributed by atoms with E-state index in [9.17, 15) is 0 Å². The lowest BCUT2D eigenvalue weighted by Crippen LogP contribution is -2.00. The lowest BCUT2D eigenvalue weighted by atomic mass is 9.88. The van der Waals surface area contributed by atoms with E-state index < -0.39 is 0 Å². The molecule has 0 saturated heterocycles. The molecule has 0 aliphatic carbocycles. The number of rotatable bonds is 6. The number of aromatic nitrogens is 3. The highest BCUT2D eigenvalue weighted by molar-refractivity contribution is 7.26. The quantitative estimate of drug-likeness (QED) is 0.174. The Morgan fingerprint density at radius 1 is 0.283 bits per heavy atom. The second-order valence-corrected chi connectivity index (χ2v) is 14.2. The third kappa shape index (κ3) is 5.57. The van der Waals surface area contributed by atoms with Crippen LogP contribution in [0.4, 0.5) is 0 Å². The summed E-state index contributed by atoms with van der Waals surface area (Å²) < 4.78 is 2.43. The van der Waals surface area contributed by atoms with Crippen LogP contribution in [0.15, 0.2) is 188 Å². The molecule has 0 bridgehead atoms. The monoisotopic (exact) mass is 693 g/mol. The summed E-state index contributed by atoms with van der Waals surface area (Å²) in [6, 6.07) is 66.4. The molecule has 0 spiro atoms. The Kier molecular flexibility index (Phi) is 7.67. The number of benzene rings is 8. The molecule has 0 N–H and O–H groups in total. The van der Waals surface area contributed by atoms with Gasteiger partial charge in [-0.05, 0) is 62.4 Å². The maximum Gasteiger partial charge on any atom is 0.165 e. The molecule has 10 rings (SSSR count). The molecular weight excluding hydrogens is 663 g/mol. The number of fused-ring (bicyclic) bond motifs is 4. The standard InChI is InChI=1S/C49H31N3S/c1-3-15-32(16-4-1)37-29-30-41(40-24-10-9-23-39(37)40)38-22-8-7-21-36(38)34-19-13-20-35(31-34)48-50-47(33-17-5-2-6-18-33)51-49(52-48)44-27-14-26-43-42-25-11-12-28-45(42)53-46(43)44/h1-31H. The van der Waals surface area contributed by atoms with Crippen molar-refractivity contribution in [3.05, 3.63) is 188 Å². The van der Waals surface area contributed by atoms with Crippen molar-refractivity contribution >= 4 is 42.3 Å². The van der Waals surface area contributed by atoms with E-state index in [1.165, 1.54) is 53.2 Å². The average molecular weight is 694 g/mol. The van der Waals surface area contributed by atoms with Gasteiger partial charge in [0, 0.05) is 36.9 Å². The van der Waals surface area contributed by atoms with Gasteiger partial charge in [-0.3, -0.25) is 0 Å². The third-order valence-corrected chi connectivity index (χ3v) is 11.2. The normalized spacial score (nSPS) is 11.4. The van der Waals surface area contributed by atoms with E-state index in [0.29, 0.717) is 17.5 Å². The van der Waals surface area contributed by atoms with Crippen molar-refractivity contribution in [1.82, 2.24) is 15.0 Å². The van der Waals surface area contributed by atoms with Crippen LogP contribution in [-0.2, 0) is 0 Å². The highest BCUT2D eigenvalue weighted by Crippen LogP contribution is 2.42. The molecule has 0 saturated carbocycles. The third-order valence-electron chi connectivity index (χ3n) is 9.97. The zero-order valence-electron chi connectivity index (χ0n) is 28.6. The molecule has 0 atom stereocenters. The largest absolute Gasteiger partial charge is 0.208 e. The fourth-order valence-electron chi connectivity index (χ4n) is 7.46. The molecule has 248 valence electrons. The van der Waals surface area contributed by atoms with E-state index in [4.69, 9.17) is 15.0 Å². The van der Waals surface area contributed by atoms with Gasteiger partial charge in [-0.25, -0.2) is 15.0 Å². The van der Waals surface area contributed by atoms with Crippen molar-refractivity contribution < 1.29 is 0 Å². The van der Waals surface area contributed by atoms with Gasteiger partial charge < -0.3 is 0 Å². The smallest absolute Gasteiger partial charge is 0.165 e. The van der Waals surface area contributed by atoms with Crippen molar-refractivity contribution in [1.29, 1.82) is 0 Å². The SMILES string of the molecule is c1ccc(-c2nc(-c3cccc(-c4ccccc4-c4ccc(-c5ccccc5)c5ccccc45)c3)nc(-c3cccc4c3sc3ccccc34)n2)cc1. The molecule has 4 heteroatoms. The summed E-state index contributed by atoms with van der Waals surface area (Å²) in [7, 11) is 0. The second-order valence-electron chi connectivity index (χ2n) is 13.2. The Morgan fingerprint density at radius 2 is 0.792 bits per heavy atom. The summed E-state index contributed by atoms with van der Waals surface area (Å²) in [5.74, 6) is 1.96. The first-order chi connectivity index (χ1) is 26.3. The van der Waals surface area contributed by atoms with E-state index in [0.717, 1.165) is 27.8 Å². The van der Waals surface area contributed by atoms with Gasteiger partial charge in [0.25, 0.3) is 0 Å². The molecule has 0 unspecified atom stereocenters. The average Bonchev–Trinajstić information content (AvgIpc) is 3.63. The van der Waals surface area contributed by atoms with Crippen LogP contribution < -0.4 is 0 Å². The minimum atomic E-state index is 0.643. The molecular formula is C49H31N3S. The molecule has 8 aromatic carbocycles. The Hall–Kier alpha value is -6.75. The topological polar surface area (TPSA) is 38.7 Å². The van der Waals surface area contributed by atoms with Crippen molar-refractivity contribution in [2.45, 2.75) is 0 Å². The molecule has 53 heavy (non-hydrogen) atoms. The van der Waals surface area contributed by atoms with Gasteiger partial charge in [-0.1, -0.05) is 170 Å². The zero-order chi connectivity index (χ0) is 35.1. The molecule has 2 aromatic heterocycles. The van der Waals surface area contributed by atoms with E-state index in [-0.39, 0.29) is 0 Å². The van der Waals surface area contributed by atoms with Crippen LogP contribution in [0.1, 0.15) is 0 Å². The molecule has 10 aromatic rings. The molecule has 0 radical (unpaired) electrons. The summed E-state index contributed by atoms with van der Waals surface area (Å²) in [5, 5.41) is 4.93. The van der Waals surface area contributed by atoms with Crippen LogP contribution in [0.5, 0.6) is 0 Å². The zero-order valence-corrected chi connectivity index (χ0v) is 29.5. The molecule has 0 aliphatic rings. The Bertz CT molecular complexity index is 2950. The van der Waals surface area contributed by atoms with Gasteiger partial charge in [-0.15, -0.1) is 11.3 Å². The Balaban J connectivity index is 1.13. The van der Waals surface area contributed by atoms with Crippen LogP contribution in [0.2, 0.25) is 0 Å². The first kappa shape index (κ1) is 31.0. The lowest BCUT2D eigenvalue weighted by molar-refractivity contribution is 1.08. The predicted octanol–water partition coefficient (Wildman–Crippen LogP) is 13.4. The molecule has 0 fully saturated rings. The fraction of sp³-hybridized carbons (Fsp3) is 0. The number of nitrogens with zero attached hydrogens (tertiary/aromatic N) is 3. The summed E-state index contributed by atoms with van der Waals surface area (Å²) in [6.07, 6.45) is 0. The molecule has 0 aliphatic heterocycles. The van der Waals surface area contributed by atoms with Crippen LogP contribution in [-0.4, -0.2) is 15.0 Å². The van der Waals surface area contributed by atoms with E-state index in [1.807, 2.05) is 18.2 Å². The lowest BCUT2D eigenvalue weighted by Gasteiger charge is -2.16. The highest BCUT2D eigenvalue weighted by Gasteiger charge is 2.18. The number of hydrogen-bond donors (Lipinski definition) is 0. The van der Waals surface area contributed by atoms with E-state index in [1.54, 1.807) is 11.3 Å². The van der Waals surface area contributed by atoms with Gasteiger partial charge in [0.05, 0.1) is 0 Å². The van der Waals surface area contributed by atoms with Crippen LogP contribution in [0, 0.1) is 0 Å². The summed E-state index contributed by atoms with van der Waals surface area (Å²) in [5.41, 5.74) is 9.98. The minimum absolute atomic E-state index is 0.643. The van der Waals surface area contributed by atoms with Gasteiger partial charge >= 0.3 is 0 Å². The second kappa shape index (κ2) is 13.1. The molecule has 2 heterocycles.